The zero-order chi connectivity index (χ0) is 20.4. The highest BCUT2D eigenvalue weighted by Gasteiger charge is 2.20. The van der Waals surface area contributed by atoms with Crippen LogP contribution < -0.4 is 0 Å². The van der Waals surface area contributed by atoms with E-state index in [2.05, 4.69) is 0 Å². The highest BCUT2D eigenvalue weighted by atomic mass is 35.5. The molecule has 1 aromatic heterocycles. The second-order valence-electron chi connectivity index (χ2n) is 6.67. The van der Waals surface area contributed by atoms with E-state index in [-0.39, 0.29) is 6.61 Å². The van der Waals surface area contributed by atoms with Crippen LogP contribution in [-0.2, 0) is 11.3 Å². The molecule has 0 atom stereocenters. The number of ether oxygens (including phenoxy) is 1. The maximum atomic E-state index is 13.1. The third-order valence-corrected chi connectivity index (χ3v) is 5.48. The maximum absolute atomic E-state index is 13.1. The van der Waals surface area contributed by atoms with Gasteiger partial charge in [0.15, 0.2) is 0 Å². The summed E-state index contributed by atoms with van der Waals surface area (Å²) in [5.41, 5.74) is 4.55. The SMILES string of the molecule is Cc1c(-c2ccccc2)nc2ccccc2c1C(=O)OCc1ccc(Cl)c(Cl)c1. The van der Waals surface area contributed by atoms with Crippen LogP contribution in [0.25, 0.3) is 22.2 Å². The molecular weight excluding hydrogens is 405 g/mol. The van der Waals surface area contributed by atoms with Gasteiger partial charge >= 0.3 is 5.97 Å². The summed E-state index contributed by atoms with van der Waals surface area (Å²) in [6, 6.07) is 22.6. The van der Waals surface area contributed by atoms with E-state index in [0.717, 1.165) is 33.3 Å². The van der Waals surface area contributed by atoms with E-state index in [1.807, 2.05) is 61.5 Å². The Kier molecular flexibility index (Phi) is 5.52. The highest BCUT2D eigenvalue weighted by molar-refractivity contribution is 6.42. The van der Waals surface area contributed by atoms with Gasteiger partial charge in [0.05, 0.1) is 26.8 Å². The number of esters is 1. The predicted molar refractivity (Wildman–Crippen MR) is 117 cm³/mol. The summed E-state index contributed by atoms with van der Waals surface area (Å²) in [6.45, 7) is 2.00. The number of hydrogen-bond donors (Lipinski definition) is 0. The quantitative estimate of drug-likeness (QED) is 0.337. The molecule has 5 heteroatoms. The van der Waals surface area contributed by atoms with Crippen LogP contribution >= 0.6 is 23.2 Å². The average molecular weight is 422 g/mol. The van der Waals surface area contributed by atoms with Crippen LogP contribution in [0.2, 0.25) is 10.0 Å². The van der Waals surface area contributed by atoms with Crippen LogP contribution in [0.4, 0.5) is 0 Å². The molecule has 0 aliphatic rings. The fourth-order valence-electron chi connectivity index (χ4n) is 3.30. The summed E-state index contributed by atoms with van der Waals surface area (Å²) < 4.78 is 5.62. The monoisotopic (exact) mass is 421 g/mol. The molecule has 3 nitrogen and oxygen atoms in total. The second-order valence-corrected chi connectivity index (χ2v) is 7.48. The fraction of sp³-hybridized carbons (Fsp3) is 0.0833. The molecule has 0 amide bonds. The van der Waals surface area contributed by atoms with Crippen LogP contribution in [-0.4, -0.2) is 11.0 Å². The summed E-state index contributed by atoms with van der Waals surface area (Å²) in [7, 11) is 0. The van der Waals surface area contributed by atoms with E-state index < -0.39 is 5.97 Å². The molecule has 0 unspecified atom stereocenters. The standard InChI is InChI=1S/C24H17Cl2NO2/c1-15-22(24(28)29-14-16-11-12-19(25)20(26)13-16)18-9-5-6-10-21(18)27-23(15)17-7-3-2-4-8-17/h2-13H,14H2,1H3. The Balaban J connectivity index is 1.74. The van der Waals surface area contributed by atoms with E-state index in [1.54, 1.807) is 18.2 Å². The van der Waals surface area contributed by atoms with Crippen molar-refractivity contribution >= 4 is 40.1 Å². The van der Waals surface area contributed by atoms with Crippen molar-refractivity contribution in [2.75, 3.05) is 0 Å². The molecule has 0 fully saturated rings. The van der Waals surface area contributed by atoms with Crippen molar-refractivity contribution in [3.8, 4) is 11.3 Å². The van der Waals surface area contributed by atoms with Gasteiger partial charge in [0.25, 0.3) is 0 Å². The predicted octanol–water partition coefficient (Wildman–Crippen LogP) is 6.87. The van der Waals surface area contributed by atoms with E-state index in [9.17, 15) is 4.79 Å². The van der Waals surface area contributed by atoms with Gasteiger partial charge in [-0.2, -0.15) is 0 Å². The van der Waals surface area contributed by atoms with Gasteiger partial charge in [-0.05, 0) is 36.2 Å². The largest absolute Gasteiger partial charge is 0.457 e. The third kappa shape index (κ3) is 3.98. The van der Waals surface area contributed by atoms with Crippen LogP contribution in [0.1, 0.15) is 21.5 Å². The number of pyridine rings is 1. The minimum absolute atomic E-state index is 0.104. The van der Waals surface area contributed by atoms with Gasteiger partial charge < -0.3 is 4.74 Å². The van der Waals surface area contributed by atoms with Gasteiger partial charge in [0.2, 0.25) is 0 Å². The highest BCUT2D eigenvalue weighted by Crippen LogP contribution is 2.30. The molecule has 3 aromatic carbocycles. The van der Waals surface area contributed by atoms with Crippen molar-refractivity contribution in [3.05, 3.63) is 99.5 Å². The first-order valence-electron chi connectivity index (χ1n) is 9.10. The van der Waals surface area contributed by atoms with Gasteiger partial charge in [-0.15, -0.1) is 0 Å². The molecule has 0 saturated carbocycles. The summed E-state index contributed by atoms with van der Waals surface area (Å²) in [5, 5.41) is 1.66. The molecule has 1 heterocycles. The lowest BCUT2D eigenvalue weighted by atomic mass is 9.98. The molecule has 0 bridgehead atoms. The molecule has 0 aliphatic carbocycles. The third-order valence-electron chi connectivity index (χ3n) is 4.74. The zero-order valence-electron chi connectivity index (χ0n) is 15.7. The van der Waals surface area contributed by atoms with E-state index in [0.29, 0.717) is 15.6 Å². The Morgan fingerprint density at radius 3 is 2.41 bits per heavy atom. The molecule has 0 radical (unpaired) electrons. The first kappa shape index (κ1) is 19.4. The van der Waals surface area contributed by atoms with Crippen LogP contribution in [0.3, 0.4) is 0 Å². The number of benzene rings is 3. The molecule has 144 valence electrons. The summed E-state index contributed by atoms with van der Waals surface area (Å²) in [6.07, 6.45) is 0. The minimum Gasteiger partial charge on any atom is -0.457 e. The number of fused-ring (bicyclic) bond motifs is 1. The lowest BCUT2D eigenvalue weighted by Gasteiger charge is -2.14. The summed E-state index contributed by atoms with van der Waals surface area (Å²) in [5.74, 6) is -0.399. The van der Waals surface area contributed by atoms with Crippen molar-refractivity contribution in [1.82, 2.24) is 4.98 Å². The lowest BCUT2D eigenvalue weighted by molar-refractivity contribution is 0.0474. The van der Waals surface area contributed by atoms with E-state index in [4.69, 9.17) is 32.9 Å². The molecule has 0 aliphatic heterocycles. The number of halogens is 2. The second kappa shape index (κ2) is 8.24. The Labute approximate surface area is 178 Å². The number of rotatable bonds is 4. The molecule has 0 saturated heterocycles. The van der Waals surface area contributed by atoms with Crippen LogP contribution in [0.5, 0.6) is 0 Å². The van der Waals surface area contributed by atoms with Crippen molar-refractivity contribution in [2.45, 2.75) is 13.5 Å². The van der Waals surface area contributed by atoms with Gasteiger partial charge in [-0.1, -0.05) is 77.8 Å². The first-order chi connectivity index (χ1) is 14.0. The van der Waals surface area contributed by atoms with Crippen molar-refractivity contribution in [1.29, 1.82) is 0 Å². The topological polar surface area (TPSA) is 39.2 Å². The molecule has 0 spiro atoms. The smallest absolute Gasteiger partial charge is 0.339 e. The van der Waals surface area contributed by atoms with Gasteiger partial charge in [0, 0.05) is 10.9 Å². The molecular formula is C24H17Cl2NO2. The zero-order valence-corrected chi connectivity index (χ0v) is 17.2. The number of carbonyl (C=O) groups excluding carboxylic acids is 1. The van der Waals surface area contributed by atoms with E-state index >= 15 is 0 Å². The van der Waals surface area contributed by atoms with E-state index in [1.165, 1.54) is 0 Å². The minimum atomic E-state index is -0.399. The summed E-state index contributed by atoms with van der Waals surface area (Å²) >= 11 is 12.0. The van der Waals surface area contributed by atoms with Crippen molar-refractivity contribution in [3.63, 3.8) is 0 Å². The fourth-order valence-corrected chi connectivity index (χ4v) is 3.62. The summed E-state index contributed by atoms with van der Waals surface area (Å²) in [4.78, 5) is 17.9. The molecule has 4 aromatic rings. The normalized spacial score (nSPS) is 10.9. The molecule has 0 N–H and O–H groups in total. The van der Waals surface area contributed by atoms with Crippen molar-refractivity contribution < 1.29 is 9.53 Å². The number of carbonyl (C=O) groups is 1. The Morgan fingerprint density at radius 1 is 0.931 bits per heavy atom. The number of nitrogens with zero attached hydrogens (tertiary/aromatic N) is 1. The first-order valence-corrected chi connectivity index (χ1v) is 9.86. The number of aromatic nitrogens is 1. The van der Waals surface area contributed by atoms with Crippen LogP contribution in [0, 0.1) is 6.92 Å². The Hall–Kier alpha value is -2.88. The van der Waals surface area contributed by atoms with Gasteiger partial charge in [-0.3, -0.25) is 0 Å². The Bertz CT molecular complexity index is 1210. The average Bonchev–Trinajstić information content (AvgIpc) is 2.74. The van der Waals surface area contributed by atoms with Gasteiger partial charge in [-0.25, -0.2) is 9.78 Å². The van der Waals surface area contributed by atoms with Gasteiger partial charge in [0.1, 0.15) is 6.61 Å². The van der Waals surface area contributed by atoms with Crippen molar-refractivity contribution in [2.24, 2.45) is 0 Å². The molecule has 29 heavy (non-hydrogen) atoms. The lowest BCUT2D eigenvalue weighted by Crippen LogP contribution is -2.10. The number of hydrogen-bond acceptors (Lipinski definition) is 3. The Morgan fingerprint density at radius 2 is 1.66 bits per heavy atom. The number of para-hydroxylation sites is 1. The van der Waals surface area contributed by atoms with Crippen LogP contribution in [0.15, 0.2) is 72.8 Å². The maximum Gasteiger partial charge on any atom is 0.339 e. The molecule has 4 rings (SSSR count).